The van der Waals surface area contributed by atoms with Crippen molar-refractivity contribution in [3.63, 3.8) is 0 Å². The lowest BCUT2D eigenvalue weighted by atomic mass is 10.0. The molecule has 0 saturated carbocycles. The van der Waals surface area contributed by atoms with Crippen LogP contribution in [0.1, 0.15) is 36.1 Å². The third kappa shape index (κ3) is 4.55. The highest BCUT2D eigenvalue weighted by atomic mass is 15.3. The molecule has 1 aliphatic carbocycles. The largest absolute Gasteiger partial charge is 0.278 e. The molecule has 4 heteroatoms. The van der Waals surface area contributed by atoms with Gasteiger partial charge >= 0.3 is 0 Å². The van der Waals surface area contributed by atoms with E-state index < -0.39 is 0 Å². The van der Waals surface area contributed by atoms with Gasteiger partial charge in [0.1, 0.15) is 0 Å². The molecule has 2 N–H and O–H groups in total. The summed E-state index contributed by atoms with van der Waals surface area (Å²) < 4.78 is 0. The van der Waals surface area contributed by atoms with Crippen molar-refractivity contribution in [3.8, 4) is 11.1 Å². The highest BCUT2D eigenvalue weighted by Gasteiger charge is 2.20. The molecule has 0 amide bonds. The second-order valence-electron chi connectivity index (χ2n) is 8.27. The van der Waals surface area contributed by atoms with Crippen LogP contribution in [-0.2, 0) is 6.42 Å². The van der Waals surface area contributed by atoms with Gasteiger partial charge < -0.3 is 0 Å². The van der Waals surface area contributed by atoms with Crippen LogP contribution in [0.5, 0.6) is 0 Å². The lowest BCUT2D eigenvalue weighted by molar-refractivity contribution is 1.25. The number of para-hydroxylation sites is 2. The second kappa shape index (κ2) is 9.13. The molecule has 0 heterocycles. The second-order valence-corrected chi connectivity index (χ2v) is 8.27. The molecule has 0 radical (unpaired) electrons. The van der Waals surface area contributed by atoms with Gasteiger partial charge in [-0.25, -0.2) is 0 Å². The molecule has 1 aliphatic rings. The maximum atomic E-state index is 4.57. The Bertz CT molecular complexity index is 1230. The summed E-state index contributed by atoms with van der Waals surface area (Å²) in [4.78, 5) is 0. The normalized spacial score (nSPS) is 12.8. The van der Waals surface area contributed by atoms with E-state index >= 15 is 0 Å². The fraction of sp³-hybridized carbons (Fsp3) is 0.103. The van der Waals surface area contributed by atoms with Crippen molar-refractivity contribution in [1.29, 1.82) is 0 Å². The first-order valence-electron chi connectivity index (χ1n) is 11.1. The Morgan fingerprint density at radius 1 is 0.576 bits per heavy atom. The van der Waals surface area contributed by atoms with E-state index in [2.05, 4.69) is 57.5 Å². The molecular weight excluding hydrogens is 404 g/mol. The average molecular weight is 431 g/mol. The van der Waals surface area contributed by atoms with Crippen molar-refractivity contribution in [3.05, 3.63) is 119 Å². The van der Waals surface area contributed by atoms with Gasteiger partial charge in [-0.1, -0.05) is 60.7 Å². The molecule has 162 valence electrons. The van der Waals surface area contributed by atoms with Gasteiger partial charge in [-0.05, 0) is 90.0 Å². The Labute approximate surface area is 194 Å². The number of hydrazone groups is 2. The number of nitrogens with one attached hydrogen (secondary N) is 2. The molecule has 33 heavy (non-hydrogen) atoms. The summed E-state index contributed by atoms with van der Waals surface area (Å²) in [5.74, 6) is 0. The van der Waals surface area contributed by atoms with E-state index in [1.807, 2.05) is 74.5 Å². The highest BCUT2D eigenvalue weighted by molar-refractivity contribution is 6.01. The topological polar surface area (TPSA) is 48.8 Å². The van der Waals surface area contributed by atoms with Crippen LogP contribution in [-0.4, -0.2) is 11.4 Å². The molecule has 0 spiro atoms. The van der Waals surface area contributed by atoms with Crippen molar-refractivity contribution < 1.29 is 0 Å². The zero-order chi connectivity index (χ0) is 22.6. The van der Waals surface area contributed by atoms with E-state index in [-0.39, 0.29) is 0 Å². The fourth-order valence-electron chi connectivity index (χ4n) is 4.11. The minimum absolute atomic E-state index is 0.922. The summed E-state index contributed by atoms with van der Waals surface area (Å²) >= 11 is 0. The number of hydrogen-bond donors (Lipinski definition) is 2. The molecule has 4 nitrogen and oxygen atoms in total. The monoisotopic (exact) mass is 430 g/mol. The Hall–Kier alpha value is -4.18. The molecule has 0 atom stereocenters. The lowest BCUT2D eigenvalue weighted by Gasteiger charge is -2.07. The van der Waals surface area contributed by atoms with Crippen LogP contribution in [0.3, 0.4) is 0 Å². The van der Waals surface area contributed by atoms with Crippen LogP contribution in [0, 0.1) is 0 Å². The van der Waals surface area contributed by atoms with Crippen LogP contribution in [0.2, 0.25) is 0 Å². The summed E-state index contributed by atoms with van der Waals surface area (Å²) in [6.07, 6.45) is 0.922. The maximum Gasteiger partial charge on any atom is 0.0648 e. The molecule has 0 unspecified atom stereocenters. The third-order valence-corrected chi connectivity index (χ3v) is 5.97. The molecule has 0 bridgehead atoms. The first-order valence-corrected chi connectivity index (χ1v) is 11.1. The zero-order valence-corrected chi connectivity index (χ0v) is 18.8. The van der Waals surface area contributed by atoms with Gasteiger partial charge in [0.2, 0.25) is 0 Å². The van der Waals surface area contributed by atoms with Crippen molar-refractivity contribution in [2.75, 3.05) is 10.9 Å². The minimum Gasteiger partial charge on any atom is -0.278 e. The average Bonchev–Trinajstić information content (AvgIpc) is 3.24. The van der Waals surface area contributed by atoms with Crippen molar-refractivity contribution in [2.24, 2.45) is 10.2 Å². The number of rotatable bonds is 6. The molecule has 0 fully saturated rings. The third-order valence-electron chi connectivity index (χ3n) is 5.97. The minimum atomic E-state index is 0.922. The van der Waals surface area contributed by atoms with Gasteiger partial charge in [0.25, 0.3) is 0 Å². The standard InChI is InChI=1S/C29H26N4/c1-20(30-32-26-9-5-3-6-10-26)22-13-15-28-24(17-22)19-25-18-23(14-16-29(25)28)21(2)31-33-27-11-7-4-8-12-27/h3-18,32-33H,19H2,1-2H3/b30-20+,31-21+. The number of nitrogens with zero attached hydrogens (tertiary/aromatic N) is 2. The van der Waals surface area contributed by atoms with Crippen LogP contribution in [0.15, 0.2) is 107 Å². The highest BCUT2D eigenvalue weighted by Crippen LogP contribution is 2.37. The van der Waals surface area contributed by atoms with Gasteiger partial charge in [-0.15, -0.1) is 0 Å². The van der Waals surface area contributed by atoms with Gasteiger partial charge in [-0.3, -0.25) is 10.9 Å². The first kappa shape index (κ1) is 20.7. The summed E-state index contributed by atoms with van der Waals surface area (Å²) in [6.45, 7) is 4.08. The van der Waals surface area contributed by atoms with Crippen molar-refractivity contribution in [1.82, 2.24) is 0 Å². The smallest absolute Gasteiger partial charge is 0.0648 e. The van der Waals surface area contributed by atoms with Gasteiger partial charge in [0.05, 0.1) is 22.8 Å². The van der Waals surface area contributed by atoms with Crippen LogP contribution in [0.4, 0.5) is 11.4 Å². The summed E-state index contributed by atoms with van der Waals surface area (Å²) in [7, 11) is 0. The quantitative estimate of drug-likeness (QED) is 0.227. The van der Waals surface area contributed by atoms with E-state index in [0.717, 1.165) is 40.3 Å². The Kier molecular flexibility index (Phi) is 5.73. The SMILES string of the molecule is C/C(=N\Nc1ccccc1)c1ccc2c(c1)Cc1cc(/C(C)=N/Nc3ccccc3)ccc1-2. The molecule has 4 aromatic rings. The first-order chi connectivity index (χ1) is 16.2. The van der Waals surface area contributed by atoms with Crippen molar-refractivity contribution in [2.45, 2.75) is 20.3 Å². The molecule has 4 aromatic carbocycles. The maximum absolute atomic E-state index is 4.57. The van der Waals surface area contributed by atoms with Gasteiger partial charge in [0, 0.05) is 0 Å². The fourth-order valence-corrected chi connectivity index (χ4v) is 4.11. The molecule has 0 aliphatic heterocycles. The number of benzene rings is 4. The Morgan fingerprint density at radius 2 is 1.00 bits per heavy atom. The van der Waals surface area contributed by atoms with E-state index in [1.54, 1.807) is 0 Å². The molecule has 0 aromatic heterocycles. The molecule has 5 rings (SSSR count). The van der Waals surface area contributed by atoms with Gasteiger partial charge in [-0.2, -0.15) is 10.2 Å². The molecule has 0 saturated heterocycles. The predicted molar refractivity (Wildman–Crippen MR) is 139 cm³/mol. The summed E-state index contributed by atoms with van der Waals surface area (Å²) in [6, 6.07) is 33.3. The van der Waals surface area contributed by atoms with Gasteiger partial charge in [0.15, 0.2) is 0 Å². The number of fused-ring (bicyclic) bond motifs is 3. The predicted octanol–water partition coefficient (Wildman–Crippen LogP) is 6.93. The zero-order valence-electron chi connectivity index (χ0n) is 18.8. The lowest BCUT2D eigenvalue weighted by Crippen LogP contribution is -2.00. The van der Waals surface area contributed by atoms with Crippen LogP contribution >= 0.6 is 0 Å². The van der Waals surface area contributed by atoms with Crippen molar-refractivity contribution >= 4 is 22.8 Å². The summed E-state index contributed by atoms with van der Waals surface area (Å²) in [5.41, 5.74) is 17.7. The van der Waals surface area contributed by atoms with E-state index in [9.17, 15) is 0 Å². The number of hydrogen-bond acceptors (Lipinski definition) is 4. The Morgan fingerprint density at radius 3 is 1.42 bits per heavy atom. The number of anilines is 2. The van der Waals surface area contributed by atoms with Crippen LogP contribution in [0.25, 0.3) is 11.1 Å². The van der Waals surface area contributed by atoms with E-state index in [4.69, 9.17) is 0 Å². The van der Waals surface area contributed by atoms with E-state index in [0.29, 0.717) is 0 Å². The van der Waals surface area contributed by atoms with Crippen LogP contribution < -0.4 is 10.9 Å². The Balaban J connectivity index is 1.33. The molecular formula is C29H26N4. The summed E-state index contributed by atoms with van der Waals surface area (Å²) in [5, 5.41) is 9.13. The van der Waals surface area contributed by atoms with E-state index in [1.165, 1.54) is 22.3 Å².